The maximum absolute atomic E-state index is 12.8. The summed E-state index contributed by atoms with van der Waals surface area (Å²) in [5.41, 5.74) is 0. The Balaban J connectivity index is 4.31. The molecule has 9 heteroatoms. The Labute approximate surface area is 398 Å². The largest absolute Gasteiger partial charge is 0.545 e. The zero-order valence-corrected chi connectivity index (χ0v) is 42.3. The predicted octanol–water partition coefficient (Wildman–Crippen LogP) is 13.3. The number of carboxylic acids is 1. The lowest BCUT2D eigenvalue weighted by atomic mass is 10.0. The van der Waals surface area contributed by atoms with E-state index < -0.39 is 24.3 Å². The minimum atomic E-state index is -1.63. The van der Waals surface area contributed by atoms with Gasteiger partial charge in [-0.15, -0.1) is 0 Å². The number of carboxylic acid groups (broad SMARTS) is 1. The molecule has 0 N–H and O–H groups in total. The Morgan fingerprint density at radius 2 is 0.877 bits per heavy atom. The number of quaternary nitrogens is 1. The molecule has 0 aromatic rings. The Hall–Kier alpha value is -3.27. The van der Waals surface area contributed by atoms with E-state index in [4.69, 9.17) is 18.9 Å². The van der Waals surface area contributed by atoms with Crippen molar-refractivity contribution in [3.05, 3.63) is 72.9 Å². The van der Waals surface area contributed by atoms with E-state index >= 15 is 0 Å². The highest BCUT2D eigenvalue weighted by atomic mass is 16.7. The number of esters is 2. The lowest BCUT2D eigenvalue weighted by Crippen LogP contribution is -2.44. The highest BCUT2D eigenvalue weighted by Gasteiger charge is 2.22. The first kappa shape index (κ1) is 61.7. The van der Waals surface area contributed by atoms with E-state index in [-0.39, 0.29) is 38.6 Å². The van der Waals surface area contributed by atoms with Crippen LogP contribution in [0.2, 0.25) is 0 Å². The predicted molar refractivity (Wildman–Crippen MR) is 269 cm³/mol. The molecule has 0 saturated heterocycles. The van der Waals surface area contributed by atoms with E-state index in [1.165, 1.54) is 83.5 Å². The van der Waals surface area contributed by atoms with Crippen LogP contribution in [-0.2, 0) is 33.3 Å². The zero-order valence-electron chi connectivity index (χ0n) is 42.3. The van der Waals surface area contributed by atoms with Gasteiger partial charge in [0.1, 0.15) is 13.2 Å². The van der Waals surface area contributed by atoms with E-state index in [0.29, 0.717) is 17.4 Å². The fraction of sp³-hybridized carbons (Fsp3) is 0.732. The van der Waals surface area contributed by atoms with Crippen LogP contribution in [0, 0.1) is 0 Å². The lowest BCUT2D eigenvalue weighted by Gasteiger charge is -2.26. The summed E-state index contributed by atoms with van der Waals surface area (Å²) < 4.78 is 22.6. The molecule has 0 radical (unpaired) electrons. The number of likely N-dealkylation sites (N-methyl/N-ethyl adjacent to an activating group) is 1. The summed E-state index contributed by atoms with van der Waals surface area (Å²) in [5, 5.41) is 11.7. The van der Waals surface area contributed by atoms with Crippen LogP contribution in [0.1, 0.15) is 206 Å². The second-order valence-corrected chi connectivity index (χ2v) is 18.4. The van der Waals surface area contributed by atoms with Crippen LogP contribution in [0.15, 0.2) is 72.9 Å². The minimum absolute atomic E-state index is 0.142. The van der Waals surface area contributed by atoms with Gasteiger partial charge in [-0.25, -0.2) is 0 Å². The molecule has 0 aromatic carbocycles. The Bertz CT molecular complexity index is 1290. The number of carbonyl (C=O) groups excluding carboxylic acids is 3. The van der Waals surface area contributed by atoms with Crippen molar-refractivity contribution in [2.75, 3.05) is 47.5 Å². The van der Waals surface area contributed by atoms with Gasteiger partial charge >= 0.3 is 11.9 Å². The van der Waals surface area contributed by atoms with E-state index in [1.807, 2.05) is 21.1 Å². The molecule has 0 aromatic heterocycles. The normalized spacial score (nSPS) is 13.4. The first-order valence-corrected chi connectivity index (χ1v) is 26.1. The topological polar surface area (TPSA) is 111 Å². The molecule has 65 heavy (non-hydrogen) atoms. The van der Waals surface area contributed by atoms with Crippen molar-refractivity contribution in [1.82, 2.24) is 0 Å². The van der Waals surface area contributed by atoms with Gasteiger partial charge in [0.2, 0.25) is 0 Å². The highest BCUT2D eigenvalue weighted by Crippen LogP contribution is 2.15. The number of unbranched alkanes of at least 4 members (excludes halogenated alkanes) is 20. The Kier molecular flexibility index (Phi) is 44.9. The summed E-state index contributed by atoms with van der Waals surface area (Å²) >= 11 is 0. The van der Waals surface area contributed by atoms with Crippen molar-refractivity contribution in [2.45, 2.75) is 219 Å². The van der Waals surface area contributed by atoms with Gasteiger partial charge in [0, 0.05) is 12.8 Å². The number of hydrogen-bond acceptors (Lipinski definition) is 8. The van der Waals surface area contributed by atoms with Crippen molar-refractivity contribution in [1.29, 1.82) is 0 Å². The number of rotatable bonds is 47. The van der Waals surface area contributed by atoms with Crippen LogP contribution < -0.4 is 5.11 Å². The van der Waals surface area contributed by atoms with Gasteiger partial charge in [-0.05, 0) is 83.5 Å². The lowest BCUT2D eigenvalue weighted by molar-refractivity contribution is -0.870. The van der Waals surface area contributed by atoms with E-state index in [9.17, 15) is 19.5 Å². The second kappa shape index (κ2) is 47.2. The summed E-state index contributed by atoms with van der Waals surface area (Å²) in [7, 11) is 5.91. The summed E-state index contributed by atoms with van der Waals surface area (Å²) in [6.45, 7) is 4.58. The molecule has 0 aliphatic carbocycles. The number of nitrogens with zero attached hydrogens (tertiary/aromatic N) is 1. The maximum Gasteiger partial charge on any atom is 0.306 e. The Morgan fingerprint density at radius 1 is 0.477 bits per heavy atom. The van der Waals surface area contributed by atoms with Crippen molar-refractivity contribution in [3.63, 3.8) is 0 Å². The molecule has 0 amide bonds. The number of allylic oxidation sites excluding steroid dienone is 12. The monoisotopic (exact) mass is 912 g/mol. The quantitative estimate of drug-likeness (QED) is 0.0195. The molecular formula is C56H97NO8. The first-order chi connectivity index (χ1) is 31.6. The number of hydrogen-bond donors (Lipinski definition) is 0. The van der Waals surface area contributed by atoms with Crippen molar-refractivity contribution >= 4 is 17.9 Å². The third-order valence-corrected chi connectivity index (χ3v) is 10.9. The molecule has 0 fully saturated rings. The minimum Gasteiger partial charge on any atom is -0.545 e. The maximum atomic E-state index is 12.8. The molecule has 2 atom stereocenters. The summed E-state index contributed by atoms with van der Waals surface area (Å²) in [5.74, 6) is -2.31. The van der Waals surface area contributed by atoms with Gasteiger partial charge in [-0.3, -0.25) is 9.59 Å². The summed E-state index contributed by atoms with van der Waals surface area (Å²) in [6.07, 6.45) is 56.5. The molecule has 0 heterocycles. The fourth-order valence-electron chi connectivity index (χ4n) is 6.91. The van der Waals surface area contributed by atoms with Gasteiger partial charge in [-0.1, -0.05) is 183 Å². The number of aliphatic carboxylic acids is 1. The Morgan fingerprint density at radius 3 is 1.31 bits per heavy atom. The highest BCUT2D eigenvalue weighted by molar-refractivity contribution is 5.70. The van der Waals surface area contributed by atoms with Gasteiger partial charge < -0.3 is 33.3 Å². The van der Waals surface area contributed by atoms with Crippen LogP contribution in [-0.4, -0.2) is 82.3 Å². The first-order valence-electron chi connectivity index (χ1n) is 26.1. The average molecular weight is 912 g/mol. The van der Waals surface area contributed by atoms with Crippen molar-refractivity contribution in [3.8, 4) is 0 Å². The van der Waals surface area contributed by atoms with Crippen molar-refractivity contribution in [2.24, 2.45) is 0 Å². The van der Waals surface area contributed by atoms with E-state index in [2.05, 4.69) is 86.8 Å². The molecule has 9 nitrogen and oxygen atoms in total. The van der Waals surface area contributed by atoms with E-state index in [0.717, 1.165) is 89.9 Å². The third-order valence-electron chi connectivity index (χ3n) is 10.9. The molecule has 0 aliphatic heterocycles. The van der Waals surface area contributed by atoms with E-state index in [1.54, 1.807) is 0 Å². The standard InChI is InChI=1S/C56H97NO8/c1-6-8-10-12-14-16-18-20-22-23-24-25-26-27-28-29-30-31-33-35-37-39-41-43-45-47-54(59)65-52(51-64-56(55(60)61)62-49-48-57(3,4)5)50-63-53(58)46-44-42-40-38-36-34-32-21-19-17-15-13-11-9-7-2/h8,10,14-17,20-22,24-25,32,52,56H,6-7,9,11-13,18-19,23,26-31,33-51H2,1-5H3/b10-8-,16-14-,17-15-,22-20-,25-24-,32-21-. The molecule has 0 saturated carbocycles. The van der Waals surface area contributed by atoms with Gasteiger partial charge in [0.25, 0.3) is 0 Å². The number of ether oxygens (including phenoxy) is 4. The van der Waals surface area contributed by atoms with Crippen LogP contribution in [0.25, 0.3) is 0 Å². The average Bonchev–Trinajstić information content (AvgIpc) is 3.27. The third kappa shape index (κ3) is 48.5. The molecule has 0 bridgehead atoms. The van der Waals surface area contributed by atoms with Crippen LogP contribution >= 0.6 is 0 Å². The van der Waals surface area contributed by atoms with Crippen LogP contribution in [0.4, 0.5) is 0 Å². The molecule has 374 valence electrons. The molecule has 2 unspecified atom stereocenters. The summed E-state index contributed by atoms with van der Waals surface area (Å²) in [6, 6.07) is 0. The van der Waals surface area contributed by atoms with Gasteiger partial charge in [0.15, 0.2) is 12.4 Å². The fourth-order valence-corrected chi connectivity index (χ4v) is 6.91. The zero-order chi connectivity index (χ0) is 47.7. The van der Waals surface area contributed by atoms with Gasteiger partial charge in [-0.2, -0.15) is 0 Å². The molecule has 0 spiro atoms. The molecule has 0 aliphatic rings. The van der Waals surface area contributed by atoms with Gasteiger partial charge in [0.05, 0.1) is 40.3 Å². The van der Waals surface area contributed by atoms with Crippen molar-refractivity contribution < 1.29 is 42.9 Å². The van der Waals surface area contributed by atoms with Crippen LogP contribution in [0.3, 0.4) is 0 Å². The SMILES string of the molecule is CC/C=C\C/C=C\C/C=C\C/C=C\CCCCCCCCCCCCCCC(=O)OC(COC(=O)CCCCCCC/C=C\C/C=C\CCCCC)COC(OCC[N+](C)(C)C)C(=O)[O-]. The smallest absolute Gasteiger partial charge is 0.306 e. The number of carbonyl (C=O) groups is 3. The van der Waals surface area contributed by atoms with Crippen LogP contribution in [0.5, 0.6) is 0 Å². The second-order valence-electron chi connectivity index (χ2n) is 18.4. The molecular weight excluding hydrogens is 815 g/mol. The summed E-state index contributed by atoms with van der Waals surface area (Å²) in [4.78, 5) is 37.1. The molecule has 0 rings (SSSR count).